The zero-order valence-electron chi connectivity index (χ0n) is 22.2. The molecule has 0 heterocycles. The van der Waals surface area contributed by atoms with Gasteiger partial charge in [0.05, 0.1) is 0 Å². The number of carboxylic acid groups (broad SMARTS) is 1. The zero-order chi connectivity index (χ0) is 27.2. The quantitative estimate of drug-likeness (QED) is 0.315. The number of rotatable bonds is 8. The molecule has 1 rings (SSSR count). The van der Waals surface area contributed by atoms with E-state index in [2.05, 4.69) is 5.32 Å². The molecule has 0 saturated carbocycles. The molecule has 2 N–H and O–H groups in total. The van der Waals surface area contributed by atoms with Gasteiger partial charge in [-0.3, -0.25) is 9.59 Å². The lowest BCUT2D eigenvalue weighted by Crippen LogP contribution is -2.44. The first-order valence-electron chi connectivity index (χ1n) is 11.5. The third-order valence-electron chi connectivity index (χ3n) is 4.27. The molecule has 0 aliphatic rings. The van der Waals surface area contributed by atoms with Gasteiger partial charge >= 0.3 is 24.0 Å². The number of aliphatic carboxylic acids is 1. The van der Waals surface area contributed by atoms with Crippen molar-refractivity contribution in [1.29, 1.82) is 0 Å². The van der Waals surface area contributed by atoms with Gasteiger partial charge in [0.25, 0.3) is 0 Å². The van der Waals surface area contributed by atoms with Crippen LogP contribution in [0.15, 0.2) is 24.3 Å². The molecular formula is C26H39NO8. The first-order valence-corrected chi connectivity index (χ1v) is 11.5. The van der Waals surface area contributed by atoms with E-state index in [1.54, 1.807) is 86.6 Å². The van der Waals surface area contributed by atoms with Crippen molar-refractivity contribution in [1.82, 2.24) is 5.32 Å². The summed E-state index contributed by atoms with van der Waals surface area (Å²) in [6, 6.07) is 5.58. The largest absolute Gasteiger partial charge is 0.480 e. The van der Waals surface area contributed by atoms with Crippen LogP contribution in [0.25, 0.3) is 0 Å². The van der Waals surface area contributed by atoms with Gasteiger partial charge in [0.1, 0.15) is 22.8 Å². The fourth-order valence-corrected chi connectivity index (χ4v) is 2.94. The van der Waals surface area contributed by atoms with Crippen LogP contribution in [0.4, 0.5) is 4.79 Å². The number of amides is 1. The fraction of sp³-hybridized carbons (Fsp3) is 0.615. The molecule has 0 aromatic heterocycles. The maximum absolute atomic E-state index is 12.7. The predicted molar refractivity (Wildman–Crippen MR) is 130 cm³/mol. The Morgan fingerprint density at radius 1 is 0.714 bits per heavy atom. The number of nitrogens with one attached hydrogen (secondary N) is 1. The van der Waals surface area contributed by atoms with Crippen molar-refractivity contribution < 1.29 is 38.5 Å². The van der Waals surface area contributed by atoms with Crippen LogP contribution >= 0.6 is 0 Å². The summed E-state index contributed by atoms with van der Waals surface area (Å²) in [6.45, 7) is 15.4. The van der Waals surface area contributed by atoms with Gasteiger partial charge in [-0.1, -0.05) is 24.3 Å². The smallest absolute Gasteiger partial charge is 0.408 e. The first-order chi connectivity index (χ1) is 15.8. The number of carbonyl (C=O) groups is 4. The van der Waals surface area contributed by atoms with E-state index in [0.29, 0.717) is 11.1 Å². The Morgan fingerprint density at radius 2 is 1.09 bits per heavy atom. The lowest BCUT2D eigenvalue weighted by atomic mass is 9.96. The second kappa shape index (κ2) is 11.6. The molecule has 0 saturated heterocycles. The number of hydrogen-bond donors (Lipinski definition) is 2. The van der Waals surface area contributed by atoms with Crippen LogP contribution in [0, 0.1) is 5.92 Å². The van der Waals surface area contributed by atoms with E-state index in [4.69, 9.17) is 14.2 Å². The highest BCUT2D eigenvalue weighted by Gasteiger charge is 2.35. The maximum atomic E-state index is 12.7. The highest BCUT2D eigenvalue weighted by atomic mass is 16.6. The molecule has 9 heteroatoms. The Labute approximate surface area is 207 Å². The summed E-state index contributed by atoms with van der Waals surface area (Å²) >= 11 is 0. The van der Waals surface area contributed by atoms with Crippen LogP contribution in [-0.4, -0.2) is 52.0 Å². The van der Waals surface area contributed by atoms with Gasteiger partial charge in [0.15, 0.2) is 5.92 Å². The molecule has 35 heavy (non-hydrogen) atoms. The van der Waals surface area contributed by atoms with E-state index >= 15 is 0 Å². The molecule has 196 valence electrons. The van der Waals surface area contributed by atoms with Gasteiger partial charge in [0, 0.05) is 6.42 Å². The summed E-state index contributed by atoms with van der Waals surface area (Å²) in [4.78, 5) is 49.1. The highest BCUT2D eigenvalue weighted by molar-refractivity contribution is 5.95. The molecule has 0 fully saturated rings. The van der Waals surface area contributed by atoms with Gasteiger partial charge < -0.3 is 24.6 Å². The molecule has 0 unspecified atom stereocenters. The molecule has 0 aliphatic carbocycles. The van der Waals surface area contributed by atoms with E-state index in [1.165, 1.54) is 0 Å². The minimum absolute atomic E-state index is 0.0242. The Balaban J connectivity index is 2.99. The fourth-order valence-electron chi connectivity index (χ4n) is 2.94. The molecule has 1 aromatic rings. The number of carboxylic acids is 1. The van der Waals surface area contributed by atoms with E-state index in [0.717, 1.165) is 0 Å². The second-order valence-electron chi connectivity index (χ2n) is 11.4. The predicted octanol–water partition coefficient (Wildman–Crippen LogP) is 4.05. The van der Waals surface area contributed by atoms with Crippen LogP contribution in [0.2, 0.25) is 0 Å². The highest BCUT2D eigenvalue weighted by Crippen LogP contribution is 2.21. The molecule has 1 atom stereocenters. The van der Waals surface area contributed by atoms with Crippen molar-refractivity contribution >= 4 is 24.0 Å². The first kappa shape index (κ1) is 29.9. The lowest BCUT2D eigenvalue weighted by Gasteiger charge is -2.26. The molecule has 9 nitrogen and oxygen atoms in total. The van der Waals surface area contributed by atoms with E-state index in [-0.39, 0.29) is 12.8 Å². The lowest BCUT2D eigenvalue weighted by molar-refractivity contribution is -0.174. The Hall–Kier alpha value is -3.10. The summed E-state index contributed by atoms with van der Waals surface area (Å²) in [7, 11) is 0. The Kier molecular flexibility index (Phi) is 9.88. The van der Waals surface area contributed by atoms with Crippen molar-refractivity contribution in [2.45, 2.75) is 98.0 Å². The molecule has 0 radical (unpaired) electrons. The van der Waals surface area contributed by atoms with Crippen molar-refractivity contribution in [3.63, 3.8) is 0 Å². The molecule has 1 amide bonds. The van der Waals surface area contributed by atoms with Gasteiger partial charge in [0.2, 0.25) is 0 Å². The van der Waals surface area contributed by atoms with Crippen molar-refractivity contribution in [3.05, 3.63) is 35.4 Å². The average molecular weight is 494 g/mol. The molecule has 1 aromatic carbocycles. The van der Waals surface area contributed by atoms with E-state index in [9.17, 15) is 24.3 Å². The monoisotopic (exact) mass is 493 g/mol. The standard InChI is InChI=1S/C26H39NO8/c1-24(2,3)33-21(30)18(22(31)34-25(4,5)6)14-16-10-12-17(13-11-16)15-19(20(28)29)27-23(32)35-26(7,8)9/h10-13,18-19H,14-15H2,1-9H3,(H,27,32)(H,28,29)/t19-/m0/s1. The second-order valence-corrected chi connectivity index (χ2v) is 11.4. The molecule has 0 aliphatic heterocycles. The third kappa shape index (κ3) is 12.2. The Bertz CT molecular complexity index is 873. The Morgan fingerprint density at radius 3 is 1.43 bits per heavy atom. The number of esters is 2. The molecular weight excluding hydrogens is 454 g/mol. The van der Waals surface area contributed by atoms with E-state index in [1.807, 2.05) is 0 Å². The summed E-state index contributed by atoms with van der Waals surface area (Å²) in [5, 5.41) is 11.8. The van der Waals surface area contributed by atoms with E-state index < -0.39 is 52.8 Å². The molecule has 0 bridgehead atoms. The minimum Gasteiger partial charge on any atom is -0.480 e. The van der Waals surface area contributed by atoms with Crippen molar-refractivity contribution in [2.24, 2.45) is 5.92 Å². The topological polar surface area (TPSA) is 128 Å². The minimum atomic E-state index is -1.20. The number of ether oxygens (including phenoxy) is 3. The van der Waals surface area contributed by atoms with Gasteiger partial charge in [-0.05, 0) is 79.9 Å². The van der Waals surface area contributed by atoms with Gasteiger partial charge in [-0.2, -0.15) is 0 Å². The number of hydrogen-bond acceptors (Lipinski definition) is 7. The molecule has 0 spiro atoms. The summed E-state index contributed by atoms with van der Waals surface area (Å²) in [6.07, 6.45) is -0.738. The van der Waals surface area contributed by atoms with Crippen LogP contribution in [0.1, 0.15) is 73.4 Å². The summed E-state index contributed by atoms with van der Waals surface area (Å²) in [5.74, 6) is -3.71. The van der Waals surface area contributed by atoms with Crippen LogP contribution in [0.3, 0.4) is 0 Å². The van der Waals surface area contributed by atoms with Crippen molar-refractivity contribution in [2.75, 3.05) is 0 Å². The third-order valence-corrected chi connectivity index (χ3v) is 4.27. The average Bonchev–Trinajstić information content (AvgIpc) is 2.62. The zero-order valence-corrected chi connectivity index (χ0v) is 22.2. The SMILES string of the molecule is CC(C)(C)OC(=O)N[C@@H](Cc1ccc(CC(C(=O)OC(C)(C)C)C(=O)OC(C)(C)C)cc1)C(=O)O. The van der Waals surface area contributed by atoms with Crippen LogP contribution in [0.5, 0.6) is 0 Å². The maximum Gasteiger partial charge on any atom is 0.408 e. The van der Waals surface area contributed by atoms with Crippen LogP contribution in [-0.2, 0) is 41.4 Å². The normalized spacial score (nSPS) is 13.1. The summed E-state index contributed by atoms with van der Waals surface area (Å²) in [5.41, 5.74) is -0.985. The van der Waals surface area contributed by atoms with Gasteiger partial charge in [-0.15, -0.1) is 0 Å². The number of carbonyl (C=O) groups excluding carboxylic acids is 3. The van der Waals surface area contributed by atoms with Crippen LogP contribution < -0.4 is 5.32 Å². The van der Waals surface area contributed by atoms with Gasteiger partial charge in [-0.25, -0.2) is 9.59 Å². The number of benzene rings is 1. The summed E-state index contributed by atoms with van der Waals surface area (Å²) < 4.78 is 16.0. The van der Waals surface area contributed by atoms with Crippen molar-refractivity contribution in [3.8, 4) is 0 Å². The number of alkyl carbamates (subject to hydrolysis) is 1.